The zero-order valence-corrected chi connectivity index (χ0v) is 33.5. The van der Waals surface area contributed by atoms with Gasteiger partial charge in [0.25, 0.3) is 0 Å². The van der Waals surface area contributed by atoms with Gasteiger partial charge >= 0.3 is 0 Å². The van der Waals surface area contributed by atoms with Gasteiger partial charge in [-0.15, -0.1) is 0 Å². The molecule has 0 bridgehead atoms. The molecule has 0 amide bonds. The smallest absolute Gasteiger partial charge is 0.0686 e. The molecule has 0 heterocycles. The Morgan fingerprint density at radius 2 is 0.481 bits per heavy atom. The Labute approximate surface area is 315 Å². The van der Waals surface area contributed by atoms with E-state index < -0.39 is 0 Å². The summed E-state index contributed by atoms with van der Waals surface area (Å²) in [6.07, 6.45) is 4.50. The highest BCUT2D eigenvalue weighted by molar-refractivity contribution is 6.97. The summed E-state index contributed by atoms with van der Waals surface area (Å²) in [4.78, 5) is 0. The largest absolute Gasteiger partial charge is 0.242 e. The van der Waals surface area contributed by atoms with Crippen molar-refractivity contribution in [1.29, 1.82) is 0 Å². The van der Waals surface area contributed by atoms with Gasteiger partial charge in [0.05, 0.1) is 0 Å². The lowest BCUT2D eigenvalue weighted by atomic mass is 9.34. The van der Waals surface area contributed by atoms with Crippen LogP contribution in [-0.2, 0) is 0 Å². The lowest BCUT2D eigenvalue weighted by Crippen LogP contribution is -2.55. The van der Waals surface area contributed by atoms with Crippen LogP contribution in [0.15, 0.2) is 97.1 Å². The van der Waals surface area contributed by atoms with E-state index in [4.69, 9.17) is 0 Å². The molecule has 0 saturated heterocycles. The lowest BCUT2D eigenvalue weighted by Gasteiger charge is -2.24. The van der Waals surface area contributed by atoms with E-state index in [9.17, 15) is 0 Å². The quantitative estimate of drug-likeness (QED) is 0.112. The van der Waals surface area contributed by atoms with E-state index in [2.05, 4.69) is 192 Å². The van der Waals surface area contributed by atoms with Gasteiger partial charge in [-0.1, -0.05) is 209 Å². The van der Waals surface area contributed by atoms with Gasteiger partial charge in [0.2, 0.25) is 13.4 Å². The number of hydrogen-bond acceptors (Lipinski definition) is 0. The molecule has 2 heteroatoms. The van der Waals surface area contributed by atoms with Crippen LogP contribution < -0.4 is 32.8 Å². The van der Waals surface area contributed by atoms with Crippen molar-refractivity contribution in [2.24, 2.45) is 0 Å². The van der Waals surface area contributed by atoms with E-state index in [1.807, 2.05) is 0 Å². The Balaban J connectivity index is 1.34. The second-order valence-electron chi connectivity index (χ2n) is 15.8. The molecule has 6 rings (SSSR count). The molecule has 0 N–H and O–H groups in total. The molecule has 0 aliphatic rings. The Kier molecular flexibility index (Phi) is 10.7. The normalized spacial score (nSPS) is 11.4. The third-order valence-electron chi connectivity index (χ3n) is 11.1. The molecule has 0 unspecified atom stereocenters. The van der Waals surface area contributed by atoms with Gasteiger partial charge in [0.1, 0.15) is 0 Å². The molecule has 0 aliphatic carbocycles. The second-order valence-corrected chi connectivity index (χ2v) is 15.8. The van der Waals surface area contributed by atoms with Crippen molar-refractivity contribution >= 4 is 58.4 Å². The van der Waals surface area contributed by atoms with Crippen LogP contribution in [0.2, 0.25) is 0 Å². The molecule has 0 aromatic heterocycles. The maximum absolute atomic E-state index is 2.34. The van der Waals surface area contributed by atoms with Crippen LogP contribution in [0.25, 0.3) is 12.2 Å². The Morgan fingerprint density at radius 3 is 0.673 bits per heavy atom. The van der Waals surface area contributed by atoms with Crippen molar-refractivity contribution in [2.75, 3.05) is 0 Å². The van der Waals surface area contributed by atoms with Crippen molar-refractivity contribution in [3.05, 3.63) is 175 Å². The minimum atomic E-state index is 0.182. The summed E-state index contributed by atoms with van der Waals surface area (Å²) in [5.74, 6) is 0. The molecular weight excluding hydrogens is 622 g/mol. The first-order valence-electron chi connectivity index (χ1n) is 18.9. The molecule has 0 atom stereocenters. The minimum absolute atomic E-state index is 0.182. The summed E-state index contributed by atoms with van der Waals surface area (Å²) in [5.41, 5.74) is 26.9. The second kappa shape index (κ2) is 15.0. The van der Waals surface area contributed by atoms with Crippen LogP contribution in [-0.4, -0.2) is 13.4 Å². The van der Waals surface area contributed by atoms with Crippen LogP contribution >= 0.6 is 0 Å². The molecule has 6 aromatic carbocycles. The number of aryl methyl sites for hydroxylation is 12. The van der Waals surface area contributed by atoms with Gasteiger partial charge in [-0.05, 0) is 94.2 Å². The zero-order valence-electron chi connectivity index (χ0n) is 33.5. The Hall–Kier alpha value is -4.81. The summed E-state index contributed by atoms with van der Waals surface area (Å²) in [5, 5.41) is 0. The van der Waals surface area contributed by atoms with Gasteiger partial charge < -0.3 is 0 Å². The van der Waals surface area contributed by atoms with Gasteiger partial charge in [-0.2, -0.15) is 0 Å². The van der Waals surface area contributed by atoms with Gasteiger partial charge in [0.15, 0.2) is 0 Å². The van der Waals surface area contributed by atoms with Gasteiger partial charge in [0, 0.05) is 0 Å². The molecule has 52 heavy (non-hydrogen) atoms. The molecule has 6 aromatic rings. The predicted molar refractivity (Wildman–Crippen MR) is 234 cm³/mol. The fourth-order valence-electron chi connectivity index (χ4n) is 9.33. The maximum Gasteiger partial charge on any atom is 0.242 e. The van der Waals surface area contributed by atoms with Crippen LogP contribution in [0.5, 0.6) is 0 Å². The highest BCUT2D eigenvalue weighted by atomic mass is 14.1. The predicted octanol–water partition coefficient (Wildman–Crippen LogP) is 8.59. The van der Waals surface area contributed by atoms with Crippen LogP contribution in [0.4, 0.5) is 0 Å². The first-order valence-corrected chi connectivity index (χ1v) is 18.9. The summed E-state index contributed by atoms with van der Waals surface area (Å²) in [6.45, 7) is 27.4. The third-order valence-corrected chi connectivity index (χ3v) is 11.1. The van der Waals surface area contributed by atoms with E-state index in [1.54, 1.807) is 0 Å². The van der Waals surface area contributed by atoms with E-state index >= 15 is 0 Å². The lowest BCUT2D eigenvalue weighted by molar-refractivity contribution is 1.34. The first-order chi connectivity index (χ1) is 24.7. The van der Waals surface area contributed by atoms with Crippen LogP contribution in [0.3, 0.4) is 0 Å². The number of benzene rings is 6. The monoisotopic (exact) mass is 676 g/mol. The molecule has 0 saturated carbocycles. The zero-order chi connectivity index (χ0) is 37.4. The standard InChI is InChI=1S/C50H54B2/c1-31-23-35(5)47(36(6)24-31)51(48-37(7)25-32(2)26-38(48)8)45-19-15-43(16-20-45)13-14-44-17-21-46(22-18-44)52(49-39(9)27-33(3)28-40(49)10)50-41(11)29-34(4)30-42(50)12/h13-30H,1-12H3/b14-13+. The molecule has 0 nitrogen and oxygen atoms in total. The molecular formula is C50H54B2. The molecule has 0 spiro atoms. The topological polar surface area (TPSA) is 0 Å². The fourth-order valence-corrected chi connectivity index (χ4v) is 9.33. The highest BCUT2D eigenvalue weighted by Crippen LogP contribution is 2.16. The van der Waals surface area contributed by atoms with Gasteiger partial charge in [-0.3, -0.25) is 0 Å². The van der Waals surface area contributed by atoms with Crippen molar-refractivity contribution in [1.82, 2.24) is 0 Å². The Morgan fingerprint density at radius 1 is 0.288 bits per heavy atom. The third kappa shape index (κ3) is 7.54. The minimum Gasteiger partial charge on any atom is -0.0686 e. The van der Waals surface area contributed by atoms with E-state index in [-0.39, 0.29) is 13.4 Å². The van der Waals surface area contributed by atoms with Crippen molar-refractivity contribution in [3.63, 3.8) is 0 Å². The number of rotatable bonds is 8. The Bertz CT molecular complexity index is 1930. The van der Waals surface area contributed by atoms with E-state index in [0.29, 0.717) is 0 Å². The van der Waals surface area contributed by atoms with Crippen LogP contribution in [0, 0.1) is 83.1 Å². The van der Waals surface area contributed by atoms with Crippen molar-refractivity contribution in [3.8, 4) is 0 Å². The molecule has 0 fully saturated rings. The SMILES string of the molecule is Cc1cc(C)c(B(c2ccc(/C=C/c3ccc(B(c4c(C)cc(C)cc4C)c4c(C)cc(C)cc4C)cc3)cc2)c2c(C)cc(C)cc2C)c(C)c1. The average molecular weight is 677 g/mol. The highest BCUT2D eigenvalue weighted by Gasteiger charge is 2.29. The molecule has 260 valence electrons. The summed E-state index contributed by atoms with van der Waals surface area (Å²) in [6, 6.07) is 37.2. The maximum atomic E-state index is 2.34. The first kappa shape index (κ1) is 37.0. The average Bonchev–Trinajstić information content (AvgIpc) is 3.05. The van der Waals surface area contributed by atoms with Gasteiger partial charge in [-0.25, -0.2) is 0 Å². The summed E-state index contributed by atoms with van der Waals surface area (Å²) in [7, 11) is 0. The summed E-state index contributed by atoms with van der Waals surface area (Å²) >= 11 is 0. The van der Waals surface area contributed by atoms with Crippen molar-refractivity contribution < 1.29 is 0 Å². The molecule has 0 aliphatic heterocycles. The van der Waals surface area contributed by atoms with Crippen LogP contribution in [0.1, 0.15) is 77.9 Å². The van der Waals surface area contributed by atoms with E-state index in [0.717, 1.165) is 0 Å². The molecule has 0 radical (unpaired) electrons. The summed E-state index contributed by atoms with van der Waals surface area (Å²) < 4.78 is 0. The number of hydrogen-bond donors (Lipinski definition) is 0. The van der Waals surface area contributed by atoms with Crippen molar-refractivity contribution in [2.45, 2.75) is 83.1 Å². The fraction of sp³-hybridized carbons (Fsp3) is 0.240. The van der Waals surface area contributed by atoms with E-state index in [1.165, 1.54) is 111 Å².